The molecule has 10 heavy (non-hydrogen) atoms. The molecule has 3 N–H and O–H groups in total. The van der Waals surface area contributed by atoms with E-state index >= 15 is 0 Å². The molecular formula is C5H12N2O2S. The summed E-state index contributed by atoms with van der Waals surface area (Å²) in [5.41, 5.74) is 0. The van der Waals surface area contributed by atoms with E-state index in [0.717, 1.165) is 6.42 Å². The van der Waals surface area contributed by atoms with E-state index in [4.69, 9.17) is 0 Å². The summed E-state index contributed by atoms with van der Waals surface area (Å²) in [6.45, 7) is 2.24. The quantitative estimate of drug-likeness (QED) is 0.562. The Morgan fingerprint density at radius 1 is 1.50 bits per heavy atom. The minimum absolute atomic E-state index is 0.271. The van der Waals surface area contributed by atoms with E-state index < -0.39 is 10.2 Å². The van der Waals surface area contributed by atoms with Gasteiger partial charge >= 0.3 is 0 Å². The first kappa shape index (κ1) is 9.61. The molecule has 0 fully saturated rings. The normalized spacial score (nSPS) is 12.6. The second kappa shape index (κ2) is 4.43. The monoisotopic (exact) mass is 164 g/mol. The molecular weight excluding hydrogens is 152 g/mol. The fraction of sp³-hybridized carbons (Fsp3) is 0.600. The Morgan fingerprint density at radius 2 is 2.10 bits per heavy atom. The van der Waals surface area contributed by atoms with Gasteiger partial charge in [0, 0.05) is 6.54 Å². The molecule has 0 atom stereocenters. The first-order chi connectivity index (χ1) is 4.56. The molecule has 0 spiro atoms. The van der Waals surface area contributed by atoms with Crippen LogP contribution in [0.25, 0.3) is 0 Å². The molecule has 0 aromatic carbocycles. The summed E-state index contributed by atoms with van der Waals surface area (Å²) in [5, 5.41) is 4.64. The number of rotatable bonds is 4. The Balaban J connectivity index is 3.48. The summed E-state index contributed by atoms with van der Waals surface area (Å²) in [6.07, 6.45) is 4.47. The second-order valence-corrected chi connectivity index (χ2v) is 3.15. The van der Waals surface area contributed by atoms with Crippen molar-refractivity contribution in [2.45, 2.75) is 13.3 Å². The van der Waals surface area contributed by atoms with Crippen LogP contribution in [0.5, 0.6) is 0 Å². The average Bonchev–Trinajstić information content (AvgIpc) is 1.78. The third-order valence-corrected chi connectivity index (χ3v) is 1.37. The van der Waals surface area contributed by atoms with Crippen molar-refractivity contribution in [2.75, 3.05) is 6.54 Å². The van der Waals surface area contributed by atoms with Crippen molar-refractivity contribution < 1.29 is 8.42 Å². The lowest BCUT2D eigenvalue weighted by Gasteiger charge is -1.94. The van der Waals surface area contributed by atoms with E-state index in [1.54, 1.807) is 6.08 Å². The van der Waals surface area contributed by atoms with Gasteiger partial charge in [-0.15, -0.1) is 0 Å². The smallest absolute Gasteiger partial charge is 0.216 e. The predicted octanol–water partition coefficient (Wildman–Crippen LogP) is -0.254. The Morgan fingerprint density at radius 3 is 2.50 bits per heavy atom. The minimum atomic E-state index is -3.51. The van der Waals surface area contributed by atoms with Crippen LogP contribution in [0.3, 0.4) is 0 Å². The molecule has 0 heterocycles. The van der Waals surface area contributed by atoms with Gasteiger partial charge < -0.3 is 0 Å². The van der Waals surface area contributed by atoms with Gasteiger partial charge in [0.25, 0.3) is 10.2 Å². The third kappa shape index (κ3) is 7.61. The highest BCUT2D eigenvalue weighted by Crippen LogP contribution is 1.77. The Bertz CT molecular complexity index is 196. The van der Waals surface area contributed by atoms with Gasteiger partial charge in [0.1, 0.15) is 0 Å². The summed E-state index contributed by atoms with van der Waals surface area (Å²) in [7, 11) is -3.51. The average molecular weight is 164 g/mol. The molecule has 4 nitrogen and oxygen atoms in total. The number of nitrogens with one attached hydrogen (secondary N) is 1. The maximum Gasteiger partial charge on any atom is 0.274 e. The van der Waals surface area contributed by atoms with Crippen LogP contribution in [0, 0.1) is 0 Å². The van der Waals surface area contributed by atoms with Gasteiger partial charge in [-0.1, -0.05) is 19.1 Å². The molecule has 0 amide bonds. The van der Waals surface area contributed by atoms with E-state index in [2.05, 4.69) is 9.86 Å². The van der Waals surface area contributed by atoms with Crippen molar-refractivity contribution in [1.82, 2.24) is 4.72 Å². The lowest BCUT2D eigenvalue weighted by molar-refractivity contribution is 0.587. The molecule has 0 unspecified atom stereocenters. The summed E-state index contributed by atoms with van der Waals surface area (Å²) in [5.74, 6) is 0. The van der Waals surface area contributed by atoms with Crippen LogP contribution in [0.4, 0.5) is 0 Å². The van der Waals surface area contributed by atoms with E-state index in [1.165, 1.54) is 0 Å². The Labute approximate surface area is 61.3 Å². The van der Waals surface area contributed by atoms with Gasteiger partial charge in [0.15, 0.2) is 0 Å². The zero-order valence-electron chi connectivity index (χ0n) is 5.87. The van der Waals surface area contributed by atoms with Crippen LogP contribution >= 0.6 is 0 Å². The van der Waals surface area contributed by atoms with E-state index in [-0.39, 0.29) is 6.54 Å². The van der Waals surface area contributed by atoms with Crippen LogP contribution in [0.2, 0.25) is 0 Å². The van der Waals surface area contributed by atoms with Crippen molar-refractivity contribution in [2.24, 2.45) is 5.14 Å². The van der Waals surface area contributed by atoms with Crippen molar-refractivity contribution in [1.29, 1.82) is 0 Å². The van der Waals surface area contributed by atoms with Gasteiger partial charge in [0.05, 0.1) is 0 Å². The Kier molecular flexibility index (Phi) is 4.26. The molecule has 0 rings (SSSR count). The standard InChI is InChI=1S/C5H12N2O2S/c1-2-3-4-5-7-10(6,8)9/h3-4,7H,2,5H2,1H3,(H2,6,8,9)/b4-3-. The largest absolute Gasteiger partial charge is 0.274 e. The maximum absolute atomic E-state index is 10.2. The lowest BCUT2D eigenvalue weighted by atomic mass is 10.4. The van der Waals surface area contributed by atoms with Crippen LogP contribution in [-0.4, -0.2) is 15.0 Å². The van der Waals surface area contributed by atoms with Crippen molar-refractivity contribution >= 4 is 10.2 Å². The van der Waals surface area contributed by atoms with E-state index in [1.807, 2.05) is 13.0 Å². The number of nitrogens with two attached hydrogens (primary N) is 1. The lowest BCUT2D eigenvalue weighted by Crippen LogP contribution is -2.30. The summed E-state index contributed by atoms with van der Waals surface area (Å²) in [4.78, 5) is 0. The highest BCUT2D eigenvalue weighted by molar-refractivity contribution is 7.87. The third-order valence-electron chi connectivity index (χ3n) is 0.805. The van der Waals surface area contributed by atoms with Gasteiger partial charge in [-0.2, -0.15) is 13.1 Å². The first-order valence-corrected chi connectivity index (χ1v) is 4.53. The van der Waals surface area contributed by atoms with Crippen LogP contribution in [-0.2, 0) is 10.2 Å². The number of allylic oxidation sites excluding steroid dienone is 1. The van der Waals surface area contributed by atoms with Crippen molar-refractivity contribution in [3.05, 3.63) is 12.2 Å². The van der Waals surface area contributed by atoms with E-state index in [9.17, 15) is 8.42 Å². The fourth-order valence-corrected chi connectivity index (χ4v) is 0.743. The highest BCUT2D eigenvalue weighted by Gasteiger charge is 1.94. The molecule has 5 heteroatoms. The minimum Gasteiger partial charge on any atom is -0.216 e. The topological polar surface area (TPSA) is 72.2 Å². The van der Waals surface area contributed by atoms with Crippen LogP contribution in [0.1, 0.15) is 13.3 Å². The fourth-order valence-electron chi connectivity index (χ4n) is 0.414. The highest BCUT2D eigenvalue weighted by atomic mass is 32.2. The molecule has 0 bridgehead atoms. The van der Waals surface area contributed by atoms with Crippen molar-refractivity contribution in [3.8, 4) is 0 Å². The number of hydrogen-bond donors (Lipinski definition) is 2. The SMILES string of the molecule is CC/C=C\CNS(N)(=O)=O. The number of hydrogen-bond acceptors (Lipinski definition) is 2. The summed E-state index contributed by atoms with van der Waals surface area (Å²) >= 11 is 0. The predicted molar refractivity (Wildman–Crippen MR) is 40.5 cm³/mol. The molecule has 60 valence electrons. The molecule has 0 saturated carbocycles. The van der Waals surface area contributed by atoms with Gasteiger partial charge in [-0.05, 0) is 6.42 Å². The van der Waals surface area contributed by atoms with Crippen LogP contribution < -0.4 is 9.86 Å². The summed E-state index contributed by atoms with van der Waals surface area (Å²) < 4.78 is 22.6. The molecule has 0 aromatic rings. The van der Waals surface area contributed by atoms with Crippen molar-refractivity contribution in [3.63, 3.8) is 0 Å². The zero-order chi connectivity index (χ0) is 8.04. The molecule has 0 radical (unpaired) electrons. The van der Waals surface area contributed by atoms with E-state index in [0.29, 0.717) is 0 Å². The Hall–Kier alpha value is -0.390. The zero-order valence-corrected chi connectivity index (χ0v) is 6.69. The first-order valence-electron chi connectivity index (χ1n) is 2.98. The van der Waals surface area contributed by atoms with Crippen LogP contribution in [0.15, 0.2) is 12.2 Å². The molecule has 0 saturated heterocycles. The van der Waals surface area contributed by atoms with Gasteiger partial charge in [-0.3, -0.25) is 0 Å². The maximum atomic E-state index is 10.2. The van der Waals surface area contributed by atoms with Gasteiger partial charge in [0.2, 0.25) is 0 Å². The second-order valence-electron chi connectivity index (χ2n) is 1.77. The molecule has 0 aliphatic rings. The molecule has 0 aliphatic heterocycles. The molecule has 0 aromatic heterocycles. The molecule has 0 aliphatic carbocycles. The van der Waals surface area contributed by atoms with Gasteiger partial charge in [-0.25, -0.2) is 5.14 Å². The summed E-state index contributed by atoms with van der Waals surface area (Å²) in [6, 6.07) is 0.